The van der Waals surface area contributed by atoms with Gasteiger partial charge in [-0.1, -0.05) is 18.8 Å². The van der Waals surface area contributed by atoms with Crippen molar-refractivity contribution in [2.24, 2.45) is 0 Å². The molecule has 1 aromatic rings. The van der Waals surface area contributed by atoms with E-state index in [0.29, 0.717) is 5.56 Å². The highest BCUT2D eigenvalue weighted by atomic mass is 16.5. The molecule has 0 saturated carbocycles. The predicted octanol–water partition coefficient (Wildman–Crippen LogP) is 2.24. The van der Waals surface area contributed by atoms with E-state index in [1.165, 1.54) is 7.11 Å². The molecule has 80 valence electrons. The Morgan fingerprint density at radius 2 is 1.94 bits per heavy atom. The number of benzene rings is 1. The fraction of sp³-hybridized carbons (Fsp3) is 0.214. The highest BCUT2D eigenvalue weighted by Crippen LogP contribution is 2.04. The van der Waals surface area contributed by atoms with Crippen LogP contribution in [0.25, 0.3) is 0 Å². The molecule has 0 saturated heterocycles. The summed E-state index contributed by atoms with van der Waals surface area (Å²) in [6.45, 7) is 1.97. The summed E-state index contributed by atoms with van der Waals surface area (Å²) in [5.74, 6) is 10.9. The summed E-state index contributed by atoms with van der Waals surface area (Å²) in [6, 6.07) is 6.91. The molecule has 0 aliphatic heterocycles. The minimum atomic E-state index is -0.342. The van der Waals surface area contributed by atoms with Crippen LogP contribution in [0.3, 0.4) is 0 Å². The summed E-state index contributed by atoms with van der Waals surface area (Å²) in [6.07, 6.45) is 0.802. The highest BCUT2D eigenvalue weighted by Gasteiger charge is 2.02. The molecular weight excluding hydrogens is 200 g/mol. The van der Waals surface area contributed by atoms with Gasteiger partial charge in [0.05, 0.1) is 12.7 Å². The van der Waals surface area contributed by atoms with E-state index in [2.05, 4.69) is 28.4 Å². The molecule has 0 fully saturated rings. The van der Waals surface area contributed by atoms with Crippen LogP contribution in [-0.4, -0.2) is 13.1 Å². The third-order valence-electron chi connectivity index (χ3n) is 1.84. The van der Waals surface area contributed by atoms with Crippen molar-refractivity contribution in [3.63, 3.8) is 0 Å². The standard InChI is InChI=1S/C14H12O2/c1-3-4-5-6-7-12-8-10-13(11-9-12)14(15)16-2/h8-11H,3H2,1-2H3. The van der Waals surface area contributed by atoms with Crippen molar-refractivity contribution in [3.05, 3.63) is 35.4 Å². The molecule has 0 radical (unpaired) electrons. The van der Waals surface area contributed by atoms with Crippen LogP contribution in [0.2, 0.25) is 0 Å². The Morgan fingerprint density at radius 3 is 2.50 bits per heavy atom. The average molecular weight is 212 g/mol. The lowest BCUT2D eigenvalue weighted by molar-refractivity contribution is 0.0601. The molecule has 0 unspecified atom stereocenters. The molecule has 0 amide bonds. The van der Waals surface area contributed by atoms with Crippen molar-refractivity contribution in [1.29, 1.82) is 0 Å². The van der Waals surface area contributed by atoms with E-state index in [4.69, 9.17) is 0 Å². The number of carbonyl (C=O) groups excluding carboxylic acids is 1. The summed E-state index contributed by atoms with van der Waals surface area (Å²) < 4.78 is 4.59. The van der Waals surface area contributed by atoms with Crippen molar-refractivity contribution in [1.82, 2.24) is 0 Å². The number of methoxy groups -OCH3 is 1. The van der Waals surface area contributed by atoms with Gasteiger partial charge in [0.2, 0.25) is 0 Å². The third-order valence-corrected chi connectivity index (χ3v) is 1.84. The predicted molar refractivity (Wildman–Crippen MR) is 62.7 cm³/mol. The van der Waals surface area contributed by atoms with Gasteiger partial charge in [0, 0.05) is 12.0 Å². The number of hydrogen-bond donors (Lipinski definition) is 0. The van der Waals surface area contributed by atoms with E-state index in [1.807, 2.05) is 6.92 Å². The molecule has 2 heteroatoms. The molecule has 0 bridgehead atoms. The van der Waals surface area contributed by atoms with Crippen molar-refractivity contribution in [2.45, 2.75) is 13.3 Å². The summed E-state index contributed by atoms with van der Waals surface area (Å²) in [5, 5.41) is 0. The van der Waals surface area contributed by atoms with Crippen LogP contribution >= 0.6 is 0 Å². The van der Waals surface area contributed by atoms with Crippen LogP contribution < -0.4 is 0 Å². The van der Waals surface area contributed by atoms with Crippen LogP contribution in [0.1, 0.15) is 29.3 Å². The lowest BCUT2D eigenvalue weighted by Crippen LogP contribution is -2.00. The van der Waals surface area contributed by atoms with Gasteiger partial charge < -0.3 is 4.74 Å². The van der Waals surface area contributed by atoms with Gasteiger partial charge in [0.25, 0.3) is 0 Å². The Kier molecular flexibility index (Phi) is 4.70. The number of rotatable bonds is 1. The largest absolute Gasteiger partial charge is 0.465 e. The summed E-state index contributed by atoms with van der Waals surface area (Å²) in [4.78, 5) is 11.1. The minimum Gasteiger partial charge on any atom is -0.465 e. The van der Waals surface area contributed by atoms with Gasteiger partial charge in [0.1, 0.15) is 0 Å². The molecule has 0 spiro atoms. The maximum absolute atomic E-state index is 11.1. The molecule has 0 heterocycles. The monoisotopic (exact) mass is 212 g/mol. The van der Waals surface area contributed by atoms with Crippen molar-refractivity contribution in [3.8, 4) is 23.7 Å². The topological polar surface area (TPSA) is 26.3 Å². The Labute approximate surface area is 95.6 Å². The molecule has 0 aliphatic carbocycles. The molecule has 0 atom stereocenters. The lowest BCUT2D eigenvalue weighted by Gasteiger charge is -1.97. The van der Waals surface area contributed by atoms with Gasteiger partial charge in [-0.15, -0.1) is 0 Å². The maximum Gasteiger partial charge on any atom is 0.337 e. The molecule has 16 heavy (non-hydrogen) atoms. The Bertz CT molecular complexity index is 475. The van der Waals surface area contributed by atoms with Crippen LogP contribution in [0.4, 0.5) is 0 Å². The van der Waals surface area contributed by atoms with E-state index in [-0.39, 0.29) is 5.97 Å². The molecule has 1 rings (SSSR count). The zero-order chi connectivity index (χ0) is 11.8. The quantitative estimate of drug-likeness (QED) is 0.527. The molecule has 1 aromatic carbocycles. The second-order valence-corrected chi connectivity index (χ2v) is 2.97. The summed E-state index contributed by atoms with van der Waals surface area (Å²) >= 11 is 0. The van der Waals surface area contributed by atoms with Gasteiger partial charge in [0.15, 0.2) is 0 Å². The van der Waals surface area contributed by atoms with Crippen molar-refractivity contribution < 1.29 is 9.53 Å². The van der Waals surface area contributed by atoms with Gasteiger partial charge >= 0.3 is 5.97 Å². The normalized spacial score (nSPS) is 8.12. The molecule has 0 aliphatic rings. The van der Waals surface area contributed by atoms with Gasteiger partial charge in [-0.25, -0.2) is 4.79 Å². The van der Waals surface area contributed by atoms with Crippen LogP contribution in [0, 0.1) is 23.7 Å². The number of carbonyl (C=O) groups is 1. The number of ether oxygens (including phenoxy) is 1. The molecule has 0 N–H and O–H groups in total. The summed E-state index contributed by atoms with van der Waals surface area (Å²) in [7, 11) is 1.36. The third kappa shape index (κ3) is 3.52. The van der Waals surface area contributed by atoms with Crippen LogP contribution in [0.15, 0.2) is 24.3 Å². The zero-order valence-electron chi connectivity index (χ0n) is 9.33. The lowest BCUT2D eigenvalue weighted by atomic mass is 10.1. The Balaban J connectivity index is 2.78. The van der Waals surface area contributed by atoms with Crippen molar-refractivity contribution >= 4 is 5.97 Å². The van der Waals surface area contributed by atoms with Crippen molar-refractivity contribution in [2.75, 3.05) is 7.11 Å². The number of esters is 1. The molecular formula is C14H12O2. The fourth-order valence-electron chi connectivity index (χ4n) is 1.04. The average Bonchev–Trinajstić information content (AvgIpc) is 2.34. The van der Waals surface area contributed by atoms with E-state index >= 15 is 0 Å². The second-order valence-electron chi connectivity index (χ2n) is 2.97. The summed E-state index contributed by atoms with van der Waals surface area (Å²) in [5.41, 5.74) is 1.35. The van der Waals surface area contributed by atoms with Gasteiger partial charge in [-0.3, -0.25) is 0 Å². The first-order valence-electron chi connectivity index (χ1n) is 4.95. The Morgan fingerprint density at radius 1 is 1.25 bits per heavy atom. The molecule has 2 nitrogen and oxygen atoms in total. The van der Waals surface area contributed by atoms with Gasteiger partial charge in [-0.05, 0) is 36.1 Å². The SMILES string of the molecule is CCC#CC#Cc1ccc(C(=O)OC)cc1. The highest BCUT2D eigenvalue weighted by molar-refractivity contribution is 5.89. The van der Waals surface area contributed by atoms with E-state index in [9.17, 15) is 4.79 Å². The van der Waals surface area contributed by atoms with E-state index in [0.717, 1.165) is 12.0 Å². The minimum absolute atomic E-state index is 0.342. The first-order valence-corrected chi connectivity index (χ1v) is 4.95. The van der Waals surface area contributed by atoms with E-state index in [1.54, 1.807) is 24.3 Å². The first kappa shape index (κ1) is 11.9. The smallest absolute Gasteiger partial charge is 0.337 e. The zero-order valence-corrected chi connectivity index (χ0v) is 9.33. The second kappa shape index (κ2) is 6.32. The van der Waals surface area contributed by atoms with E-state index < -0.39 is 0 Å². The fourth-order valence-corrected chi connectivity index (χ4v) is 1.04. The first-order chi connectivity index (χ1) is 7.77. The Hall–Kier alpha value is -2.19. The van der Waals surface area contributed by atoms with Crippen LogP contribution in [-0.2, 0) is 4.74 Å². The number of hydrogen-bond acceptors (Lipinski definition) is 2. The maximum atomic E-state index is 11.1. The van der Waals surface area contributed by atoms with Gasteiger partial charge in [-0.2, -0.15) is 0 Å². The van der Waals surface area contributed by atoms with Crippen LogP contribution in [0.5, 0.6) is 0 Å². The molecule has 0 aromatic heterocycles.